The number of primary amides is 1. The standard InChI is InChI=1S/C15H14N2O3/c16-15(19)14-10-13(7-8-17-14)20-12-5-3-11(4-6-12)2-1-9-18/h3-10H,1-2H2,(H2,16,19). The van der Waals surface area contributed by atoms with Gasteiger partial charge in [-0.15, -0.1) is 0 Å². The molecule has 0 radical (unpaired) electrons. The Labute approximate surface area is 116 Å². The van der Waals surface area contributed by atoms with Crippen molar-refractivity contribution in [3.8, 4) is 11.5 Å². The van der Waals surface area contributed by atoms with E-state index in [1.165, 1.54) is 12.3 Å². The minimum atomic E-state index is -0.598. The van der Waals surface area contributed by atoms with E-state index in [0.717, 1.165) is 11.8 Å². The maximum Gasteiger partial charge on any atom is 0.267 e. The zero-order valence-corrected chi connectivity index (χ0v) is 10.8. The fraction of sp³-hybridized carbons (Fsp3) is 0.133. The number of benzene rings is 1. The van der Waals surface area contributed by atoms with Crippen LogP contribution in [-0.4, -0.2) is 17.2 Å². The van der Waals surface area contributed by atoms with Gasteiger partial charge in [-0.1, -0.05) is 12.1 Å². The number of nitrogens with zero attached hydrogens (tertiary/aromatic N) is 1. The van der Waals surface area contributed by atoms with Gasteiger partial charge in [-0.3, -0.25) is 9.78 Å². The number of amides is 1. The molecule has 1 aromatic heterocycles. The quantitative estimate of drug-likeness (QED) is 0.815. The van der Waals surface area contributed by atoms with Gasteiger partial charge in [0, 0.05) is 18.7 Å². The summed E-state index contributed by atoms with van der Waals surface area (Å²) in [5.41, 5.74) is 6.38. The summed E-state index contributed by atoms with van der Waals surface area (Å²) in [5.74, 6) is 0.538. The van der Waals surface area contributed by atoms with Crippen LogP contribution in [0.2, 0.25) is 0 Å². The first-order chi connectivity index (χ1) is 9.69. The van der Waals surface area contributed by atoms with E-state index < -0.39 is 5.91 Å². The fourth-order valence-electron chi connectivity index (χ4n) is 1.70. The van der Waals surface area contributed by atoms with Crippen LogP contribution in [0, 0.1) is 0 Å². The van der Waals surface area contributed by atoms with Gasteiger partial charge in [0.15, 0.2) is 0 Å². The predicted molar refractivity (Wildman–Crippen MR) is 73.7 cm³/mol. The molecule has 0 saturated heterocycles. The van der Waals surface area contributed by atoms with Crippen molar-refractivity contribution in [2.45, 2.75) is 12.8 Å². The number of carbonyl (C=O) groups is 2. The van der Waals surface area contributed by atoms with Crippen molar-refractivity contribution in [2.24, 2.45) is 5.73 Å². The molecule has 5 nitrogen and oxygen atoms in total. The highest BCUT2D eigenvalue weighted by Gasteiger charge is 2.04. The highest BCUT2D eigenvalue weighted by atomic mass is 16.5. The lowest BCUT2D eigenvalue weighted by atomic mass is 10.1. The number of hydrogen-bond donors (Lipinski definition) is 1. The van der Waals surface area contributed by atoms with Crippen LogP contribution < -0.4 is 10.5 Å². The van der Waals surface area contributed by atoms with Crippen molar-refractivity contribution in [1.82, 2.24) is 4.98 Å². The first-order valence-corrected chi connectivity index (χ1v) is 6.15. The third-order valence-corrected chi connectivity index (χ3v) is 2.69. The Morgan fingerprint density at radius 1 is 1.20 bits per heavy atom. The van der Waals surface area contributed by atoms with Gasteiger partial charge in [0.2, 0.25) is 0 Å². The Kier molecular flexibility index (Phi) is 4.44. The largest absolute Gasteiger partial charge is 0.457 e. The number of aldehydes is 1. The molecule has 0 unspecified atom stereocenters. The maximum absolute atomic E-state index is 11.0. The molecule has 0 bridgehead atoms. The van der Waals surface area contributed by atoms with Crippen molar-refractivity contribution in [2.75, 3.05) is 0 Å². The number of ether oxygens (including phenoxy) is 1. The van der Waals surface area contributed by atoms with E-state index in [4.69, 9.17) is 10.5 Å². The molecule has 1 amide bonds. The maximum atomic E-state index is 11.0. The SMILES string of the molecule is NC(=O)c1cc(Oc2ccc(CCC=O)cc2)ccn1. The van der Waals surface area contributed by atoms with Crippen molar-refractivity contribution in [3.63, 3.8) is 0 Å². The van der Waals surface area contributed by atoms with Gasteiger partial charge in [0.25, 0.3) is 5.91 Å². The minimum absolute atomic E-state index is 0.158. The summed E-state index contributed by atoms with van der Waals surface area (Å²) in [6.45, 7) is 0. The smallest absolute Gasteiger partial charge is 0.267 e. The molecule has 2 rings (SSSR count). The number of aryl methyl sites for hydroxylation is 1. The highest BCUT2D eigenvalue weighted by molar-refractivity contribution is 5.91. The number of aromatic nitrogens is 1. The molecule has 0 aliphatic rings. The third-order valence-electron chi connectivity index (χ3n) is 2.69. The zero-order chi connectivity index (χ0) is 14.4. The second-order valence-electron chi connectivity index (χ2n) is 4.19. The van der Waals surface area contributed by atoms with E-state index in [0.29, 0.717) is 24.3 Å². The van der Waals surface area contributed by atoms with E-state index in [1.807, 2.05) is 24.3 Å². The molecule has 5 heteroatoms. The van der Waals surface area contributed by atoms with Crippen molar-refractivity contribution in [1.29, 1.82) is 0 Å². The predicted octanol–water partition coefficient (Wildman–Crippen LogP) is 2.10. The molecule has 0 atom stereocenters. The fourth-order valence-corrected chi connectivity index (χ4v) is 1.70. The monoisotopic (exact) mass is 270 g/mol. The number of pyridine rings is 1. The summed E-state index contributed by atoms with van der Waals surface area (Å²) < 4.78 is 5.61. The van der Waals surface area contributed by atoms with Gasteiger partial charge in [-0.05, 0) is 30.2 Å². The average molecular weight is 270 g/mol. The Bertz CT molecular complexity index is 609. The summed E-state index contributed by atoms with van der Waals surface area (Å²) in [5, 5.41) is 0. The summed E-state index contributed by atoms with van der Waals surface area (Å²) in [7, 11) is 0. The number of nitrogens with two attached hydrogens (primary N) is 1. The van der Waals surface area contributed by atoms with Crippen LogP contribution in [0.3, 0.4) is 0 Å². The van der Waals surface area contributed by atoms with E-state index in [9.17, 15) is 9.59 Å². The van der Waals surface area contributed by atoms with E-state index in [1.54, 1.807) is 6.07 Å². The molecule has 1 aromatic carbocycles. The molecule has 0 fully saturated rings. The highest BCUT2D eigenvalue weighted by Crippen LogP contribution is 2.22. The van der Waals surface area contributed by atoms with Crippen molar-refractivity contribution < 1.29 is 14.3 Å². The molecule has 2 N–H and O–H groups in total. The molecule has 0 saturated carbocycles. The summed E-state index contributed by atoms with van der Waals surface area (Å²) in [6.07, 6.45) is 3.58. The Morgan fingerprint density at radius 2 is 1.95 bits per heavy atom. The molecule has 20 heavy (non-hydrogen) atoms. The molecule has 0 spiro atoms. The van der Waals surface area contributed by atoms with Gasteiger partial charge >= 0.3 is 0 Å². The van der Waals surface area contributed by atoms with Gasteiger partial charge < -0.3 is 15.3 Å². The molecular weight excluding hydrogens is 256 g/mol. The Balaban J connectivity index is 2.07. The summed E-state index contributed by atoms with van der Waals surface area (Å²) in [4.78, 5) is 25.2. The van der Waals surface area contributed by atoms with E-state index >= 15 is 0 Å². The van der Waals surface area contributed by atoms with Gasteiger partial charge in [0.1, 0.15) is 23.5 Å². The first-order valence-electron chi connectivity index (χ1n) is 6.15. The van der Waals surface area contributed by atoms with Gasteiger partial charge in [0.05, 0.1) is 0 Å². The molecular formula is C15H14N2O3. The molecule has 0 aliphatic carbocycles. The second kappa shape index (κ2) is 6.47. The topological polar surface area (TPSA) is 82.3 Å². The number of rotatable bonds is 6. The van der Waals surface area contributed by atoms with Crippen LogP contribution in [0.15, 0.2) is 42.6 Å². The molecule has 2 aromatic rings. The molecule has 1 heterocycles. The third kappa shape index (κ3) is 3.65. The van der Waals surface area contributed by atoms with Crippen LogP contribution in [0.1, 0.15) is 22.5 Å². The van der Waals surface area contributed by atoms with Crippen LogP contribution in [0.4, 0.5) is 0 Å². The second-order valence-corrected chi connectivity index (χ2v) is 4.19. The van der Waals surface area contributed by atoms with Crippen LogP contribution in [0.25, 0.3) is 0 Å². The lowest BCUT2D eigenvalue weighted by Gasteiger charge is -2.07. The van der Waals surface area contributed by atoms with Crippen molar-refractivity contribution in [3.05, 3.63) is 53.9 Å². The summed E-state index contributed by atoms with van der Waals surface area (Å²) >= 11 is 0. The minimum Gasteiger partial charge on any atom is -0.457 e. The first kappa shape index (κ1) is 13.7. The van der Waals surface area contributed by atoms with Gasteiger partial charge in [-0.25, -0.2) is 0 Å². The summed E-state index contributed by atoms with van der Waals surface area (Å²) in [6, 6.07) is 10.6. The van der Waals surface area contributed by atoms with Crippen LogP contribution >= 0.6 is 0 Å². The average Bonchev–Trinajstić information content (AvgIpc) is 2.47. The van der Waals surface area contributed by atoms with E-state index in [-0.39, 0.29) is 5.69 Å². The Morgan fingerprint density at radius 3 is 2.60 bits per heavy atom. The van der Waals surface area contributed by atoms with E-state index in [2.05, 4.69) is 4.98 Å². The lowest BCUT2D eigenvalue weighted by Crippen LogP contribution is -2.12. The number of carbonyl (C=O) groups excluding carboxylic acids is 2. The molecule has 0 aliphatic heterocycles. The van der Waals surface area contributed by atoms with Crippen molar-refractivity contribution >= 4 is 12.2 Å². The molecule has 102 valence electrons. The van der Waals surface area contributed by atoms with Gasteiger partial charge in [-0.2, -0.15) is 0 Å². The number of hydrogen-bond acceptors (Lipinski definition) is 4. The lowest BCUT2D eigenvalue weighted by molar-refractivity contribution is -0.107. The Hall–Kier alpha value is -2.69. The zero-order valence-electron chi connectivity index (χ0n) is 10.8. The normalized spacial score (nSPS) is 10.0. The van der Waals surface area contributed by atoms with Crippen LogP contribution in [-0.2, 0) is 11.2 Å². The van der Waals surface area contributed by atoms with Crippen LogP contribution in [0.5, 0.6) is 11.5 Å².